The summed E-state index contributed by atoms with van der Waals surface area (Å²) < 4.78 is 1.07. The third kappa shape index (κ3) is 5.49. The van der Waals surface area contributed by atoms with Crippen LogP contribution in [0.4, 0.5) is 0 Å². The Bertz CT molecular complexity index is 354. The number of rotatable bonds is 8. The van der Waals surface area contributed by atoms with Gasteiger partial charge in [-0.2, -0.15) is 0 Å². The molecule has 0 saturated heterocycles. The molecule has 0 radical (unpaired) electrons. The highest BCUT2D eigenvalue weighted by Gasteiger charge is 2.23. The molecule has 0 aromatic carbocycles. The molecule has 1 atom stereocenters. The van der Waals surface area contributed by atoms with Gasteiger partial charge in [-0.15, -0.1) is 0 Å². The van der Waals surface area contributed by atoms with Crippen LogP contribution in [0.1, 0.15) is 45.6 Å². The number of nitrogens with zero attached hydrogens (tertiary/aromatic N) is 1. The maximum Gasteiger partial charge on any atom is 0.0410 e. The quantitative estimate of drug-likeness (QED) is 0.728. The number of hydrogen-bond acceptors (Lipinski definition) is 2. The molecule has 0 fully saturated rings. The first kappa shape index (κ1) is 15.6. The molecule has 18 heavy (non-hydrogen) atoms. The zero-order valence-electron chi connectivity index (χ0n) is 11.8. The summed E-state index contributed by atoms with van der Waals surface area (Å²) in [5.74, 6) is 0. The van der Waals surface area contributed by atoms with E-state index in [1.165, 1.54) is 24.8 Å². The van der Waals surface area contributed by atoms with Gasteiger partial charge in [0.05, 0.1) is 0 Å². The van der Waals surface area contributed by atoms with Gasteiger partial charge in [0, 0.05) is 23.4 Å². The van der Waals surface area contributed by atoms with Gasteiger partial charge >= 0.3 is 0 Å². The standard InChI is InChI=1S/C15H25BrN2/c1-4-6-15(3,12-17-7-5-2)9-13-8-14(16)11-18-10-13/h8,10-11,17H,4-7,9,12H2,1-3H3. The minimum Gasteiger partial charge on any atom is -0.316 e. The van der Waals surface area contributed by atoms with Crippen LogP contribution in [-0.2, 0) is 6.42 Å². The zero-order valence-corrected chi connectivity index (χ0v) is 13.4. The first-order valence-corrected chi connectivity index (χ1v) is 7.69. The van der Waals surface area contributed by atoms with Crippen LogP contribution in [0.3, 0.4) is 0 Å². The fourth-order valence-corrected chi connectivity index (χ4v) is 2.87. The van der Waals surface area contributed by atoms with Crippen molar-refractivity contribution in [3.05, 3.63) is 28.5 Å². The van der Waals surface area contributed by atoms with Crippen molar-refractivity contribution in [1.82, 2.24) is 10.3 Å². The summed E-state index contributed by atoms with van der Waals surface area (Å²) in [5, 5.41) is 3.56. The summed E-state index contributed by atoms with van der Waals surface area (Å²) in [6.07, 6.45) is 8.58. The molecule has 1 aromatic heterocycles. The molecule has 0 aliphatic rings. The van der Waals surface area contributed by atoms with Gasteiger partial charge < -0.3 is 5.32 Å². The van der Waals surface area contributed by atoms with E-state index in [0.29, 0.717) is 5.41 Å². The van der Waals surface area contributed by atoms with E-state index in [0.717, 1.165) is 24.0 Å². The molecular weight excluding hydrogens is 288 g/mol. The Labute approximate surface area is 120 Å². The summed E-state index contributed by atoms with van der Waals surface area (Å²) in [4.78, 5) is 4.26. The molecule has 3 heteroatoms. The third-order valence-corrected chi connectivity index (χ3v) is 3.66. The Morgan fingerprint density at radius 2 is 2.06 bits per heavy atom. The topological polar surface area (TPSA) is 24.9 Å². The van der Waals surface area contributed by atoms with Crippen LogP contribution in [0.2, 0.25) is 0 Å². The molecule has 0 spiro atoms. The lowest BCUT2D eigenvalue weighted by Crippen LogP contribution is -2.34. The molecule has 0 bridgehead atoms. The van der Waals surface area contributed by atoms with Gasteiger partial charge in [-0.3, -0.25) is 4.98 Å². The van der Waals surface area contributed by atoms with Gasteiger partial charge in [-0.25, -0.2) is 0 Å². The van der Waals surface area contributed by atoms with Crippen molar-refractivity contribution >= 4 is 15.9 Å². The summed E-state index contributed by atoms with van der Waals surface area (Å²) in [6.45, 7) is 9.04. The van der Waals surface area contributed by atoms with Crippen LogP contribution < -0.4 is 5.32 Å². The molecule has 1 aromatic rings. The molecule has 102 valence electrons. The van der Waals surface area contributed by atoms with Crippen molar-refractivity contribution in [2.45, 2.75) is 46.5 Å². The lowest BCUT2D eigenvalue weighted by atomic mass is 9.80. The zero-order chi connectivity index (χ0) is 13.4. The Balaban J connectivity index is 2.65. The highest BCUT2D eigenvalue weighted by molar-refractivity contribution is 9.10. The molecule has 1 heterocycles. The minimum atomic E-state index is 0.326. The molecule has 1 rings (SSSR count). The van der Waals surface area contributed by atoms with Crippen LogP contribution in [0.25, 0.3) is 0 Å². The Kier molecular flexibility index (Phi) is 6.87. The van der Waals surface area contributed by atoms with Crippen molar-refractivity contribution in [3.8, 4) is 0 Å². The second-order valence-corrected chi connectivity index (χ2v) is 6.34. The van der Waals surface area contributed by atoms with E-state index in [-0.39, 0.29) is 0 Å². The molecule has 0 amide bonds. The van der Waals surface area contributed by atoms with E-state index in [1.54, 1.807) is 0 Å². The number of hydrogen-bond donors (Lipinski definition) is 1. The molecule has 1 N–H and O–H groups in total. The van der Waals surface area contributed by atoms with Crippen LogP contribution in [0.5, 0.6) is 0 Å². The highest BCUT2D eigenvalue weighted by Crippen LogP contribution is 2.28. The second-order valence-electron chi connectivity index (χ2n) is 5.43. The van der Waals surface area contributed by atoms with E-state index in [4.69, 9.17) is 0 Å². The number of pyridine rings is 1. The molecular formula is C15H25BrN2. The maximum atomic E-state index is 4.26. The first-order chi connectivity index (χ1) is 8.59. The maximum absolute atomic E-state index is 4.26. The Hall–Kier alpha value is -0.410. The van der Waals surface area contributed by atoms with Crippen molar-refractivity contribution in [2.24, 2.45) is 5.41 Å². The summed E-state index contributed by atoms with van der Waals surface area (Å²) in [7, 11) is 0. The number of aromatic nitrogens is 1. The van der Waals surface area contributed by atoms with E-state index < -0.39 is 0 Å². The van der Waals surface area contributed by atoms with Gasteiger partial charge in [0.25, 0.3) is 0 Å². The van der Waals surface area contributed by atoms with E-state index in [9.17, 15) is 0 Å². The van der Waals surface area contributed by atoms with Crippen molar-refractivity contribution in [2.75, 3.05) is 13.1 Å². The Morgan fingerprint density at radius 3 is 2.67 bits per heavy atom. The fourth-order valence-electron chi connectivity index (χ4n) is 2.46. The smallest absolute Gasteiger partial charge is 0.0410 e. The average Bonchev–Trinajstić information content (AvgIpc) is 2.29. The number of nitrogens with one attached hydrogen (secondary N) is 1. The van der Waals surface area contributed by atoms with Gasteiger partial charge in [-0.05, 0) is 58.8 Å². The predicted molar refractivity (Wildman–Crippen MR) is 81.8 cm³/mol. The van der Waals surface area contributed by atoms with Crippen LogP contribution in [-0.4, -0.2) is 18.1 Å². The van der Waals surface area contributed by atoms with Crippen LogP contribution >= 0.6 is 15.9 Å². The second kappa shape index (κ2) is 7.90. The minimum absolute atomic E-state index is 0.326. The van der Waals surface area contributed by atoms with E-state index in [2.05, 4.69) is 53.1 Å². The highest BCUT2D eigenvalue weighted by atomic mass is 79.9. The molecule has 2 nitrogen and oxygen atoms in total. The monoisotopic (exact) mass is 312 g/mol. The Morgan fingerprint density at radius 1 is 1.28 bits per heavy atom. The van der Waals surface area contributed by atoms with Gasteiger partial charge in [0.1, 0.15) is 0 Å². The SMILES string of the molecule is CCCNCC(C)(CCC)Cc1cncc(Br)c1. The van der Waals surface area contributed by atoms with Crippen LogP contribution in [0.15, 0.2) is 22.9 Å². The molecule has 1 unspecified atom stereocenters. The summed E-state index contributed by atoms with van der Waals surface area (Å²) in [6, 6.07) is 2.18. The van der Waals surface area contributed by atoms with Crippen molar-refractivity contribution in [3.63, 3.8) is 0 Å². The molecule has 0 saturated carbocycles. The lowest BCUT2D eigenvalue weighted by Gasteiger charge is -2.30. The predicted octanol–water partition coefficient (Wildman–Crippen LogP) is 4.19. The van der Waals surface area contributed by atoms with E-state index in [1.807, 2.05) is 12.4 Å². The van der Waals surface area contributed by atoms with Crippen molar-refractivity contribution < 1.29 is 0 Å². The number of halogens is 1. The van der Waals surface area contributed by atoms with Gasteiger partial charge in [0.15, 0.2) is 0 Å². The normalized spacial score (nSPS) is 14.4. The average molecular weight is 313 g/mol. The van der Waals surface area contributed by atoms with Crippen molar-refractivity contribution in [1.29, 1.82) is 0 Å². The molecule has 0 aliphatic carbocycles. The lowest BCUT2D eigenvalue weighted by molar-refractivity contribution is 0.275. The summed E-state index contributed by atoms with van der Waals surface area (Å²) >= 11 is 3.49. The van der Waals surface area contributed by atoms with E-state index >= 15 is 0 Å². The van der Waals surface area contributed by atoms with Crippen LogP contribution in [0, 0.1) is 5.41 Å². The van der Waals surface area contributed by atoms with Gasteiger partial charge in [0.2, 0.25) is 0 Å². The summed E-state index contributed by atoms with van der Waals surface area (Å²) in [5.41, 5.74) is 1.64. The largest absolute Gasteiger partial charge is 0.316 e. The molecule has 0 aliphatic heterocycles. The fraction of sp³-hybridized carbons (Fsp3) is 0.667. The first-order valence-electron chi connectivity index (χ1n) is 6.90. The van der Waals surface area contributed by atoms with Gasteiger partial charge in [-0.1, -0.05) is 27.2 Å². The third-order valence-electron chi connectivity index (χ3n) is 3.22.